The second-order valence-corrected chi connectivity index (χ2v) is 4.87. The molecule has 1 aromatic rings. The summed E-state index contributed by atoms with van der Waals surface area (Å²) in [5, 5.41) is 2.82. The highest BCUT2D eigenvalue weighted by Gasteiger charge is 2.31. The van der Waals surface area contributed by atoms with Gasteiger partial charge in [-0.2, -0.15) is 0 Å². The number of piperazine rings is 1. The first kappa shape index (κ1) is 13.8. The Labute approximate surface area is 112 Å². The molecule has 1 aromatic carbocycles. The van der Waals surface area contributed by atoms with Crippen LogP contribution < -0.4 is 16.0 Å². The van der Waals surface area contributed by atoms with E-state index in [4.69, 9.17) is 5.73 Å². The molecule has 3 N–H and O–H groups in total. The Kier molecular flexibility index (Phi) is 4.04. The smallest absolute Gasteiger partial charge is 0.242 e. The molecule has 1 saturated heterocycles. The maximum Gasteiger partial charge on any atom is 0.242 e. The number of anilines is 1. The standard InChI is InChI=1S/C14H20FN3O/c1-3-12-14(19)17-7-8-18(12)13-10(9(2)16)5-4-6-11(13)15/h4-6,9,12H,3,7-8,16H2,1-2H3,(H,17,19)/t9-,12?/m1/s1. The number of hydrogen-bond donors (Lipinski definition) is 2. The molecule has 0 radical (unpaired) electrons. The van der Waals surface area contributed by atoms with E-state index in [0.717, 1.165) is 5.56 Å². The lowest BCUT2D eigenvalue weighted by atomic mass is 10.0. The zero-order valence-corrected chi connectivity index (χ0v) is 11.3. The van der Waals surface area contributed by atoms with Gasteiger partial charge in [0.15, 0.2) is 0 Å². The monoisotopic (exact) mass is 265 g/mol. The van der Waals surface area contributed by atoms with Gasteiger partial charge in [0.1, 0.15) is 11.9 Å². The Morgan fingerprint density at radius 2 is 2.32 bits per heavy atom. The van der Waals surface area contributed by atoms with Gasteiger partial charge < -0.3 is 16.0 Å². The van der Waals surface area contributed by atoms with Crippen molar-refractivity contribution >= 4 is 11.6 Å². The number of carbonyl (C=O) groups is 1. The van der Waals surface area contributed by atoms with Crippen molar-refractivity contribution in [2.75, 3.05) is 18.0 Å². The van der Waals surface area contributed by atoms with Gasteiger partial charge in [0.05, 0.1) is 5.69 Å². The lowest BCUT2D eigenvalue weighted by molar-refractivity contribution is -0.123. The van der Waals surface area contributed by atoms with Gasteiger partial charge in [-0.3, -0.25) is 4.79 Å². The highest BCUT2D eigenvalue weighted by Crippen LogP contribution is 2.31. The van der Waals surface area contributed by atoms with Gasteiger partial charge in [-0.25, -0.2) is 4.39 Å². The lowest BCUT2D eigenvalue weighted by Crippen LogP contribution is -2.55. The predicted octanol–water partition coefficient (Wildman–Crippen LogP) is 1.56. The summed E-state index contributed by atoms with van der Waals surface area (Å²) < 4.78 is 14.2. The van der Waals surface area contributed by atoms with E-state index in [1.807, 2.05) is 24.8 Å². The highest BCUT2D eigenvalue weighted by atomic mass is 19.1. The van der Waals surface area contributed by atoms with Crippen LogP contribution in [0.2, 0.25) is 0 Å². The van der Waals surface area contributed by atoms with E-state index in [1.54, 1.807) is 6.07 Å². The van der Waals surface area contributed by atoms with Gasteiger partial charge in [0.2, 0.25) is 5.91 Å². The Morgan fingerprint density at radius 1 is 1.58 bits per heavy atom. The normalized spacial score (nSPS) is 21.2. The van der Waals surface area contributed by atoms with E-state index in [2.05, 4.69) is 5.32 Å². The molecule has 0 saturated carbocycles. The second-order valence-electron chi connectivity index (χ2n) is 4.87. The van der Waals surface area contributed by atoms with Crippen LogP contribution in [0.15, 0.2) is 18.2 Å². The van der Waals surface area contributed by atoms with Gasteiger partial charge >= 0.3 is 0 Å². The summed E-state index contributed by atoms with van der Waals surface area (Å²) in [6.07, 6.45) is 0.637. The molecule has 2 atom stereocenters. The molecule has 5 heteroatoms. The minimum Gasteiger partial charge on any atom is -0.355 e. The van der Waals surface area contributed by atoms with Gasteiger partial charge in [-0.1, -0.05) is 19.1 Å². The van der Waals surface area contributed by atoms with Crippen LogP contribution in [0.3, 0.4) is 0 Å². The van der Waals surface area contributed by atoms with Crippen molar-refractivity contribution in [1.82, 2.24) is 5.32 Å². The summed E-state index contributed by atoms with van der Waals surface area (Å²) in [6, 6.07) is 4.29. The number of nitrogens with one attached hydrogen (secondary N) is 1. The van der Waals surface area contributed by atoms with Crippen molar-refractivity contribution in [1.29, 1.82) is 0 Å². The number of rotatable bonds is 3. The van der Waals surface area contributed by atoms with Crippen LogP contribution in [0.25, 0.3) is 0 Å². The van der Waals surface area contributed by atoms with Crippen LogP contribution in [-0.4, -0.2) is 25.0 Å². The first-order valence-electron chi connectivity index (χ1n) is 6.64. The number of benzene rings is 1. The maximum atomic E-state index is 14.2. The van der Waals surface area contributed by atoms with E-state index >= 15 is 0 Å². The molecule has 4 nitrogen and oxygen atoms in total. The molecule has 1 amide bonds. The maximum absolute atomic E-state index is 14.2. The van der Waals surface area contributed by atoms with Crippen LogP contribution in [0, 0.1) is 5.82 Å². The predicted molar refractivity (Wildman–Crippen MR) is 73.4 cm³/mol. The first-order valence-corrected chi connectivity index (χ1v) is 6.64. The highest BCUT2D eigenvalue weighted by molar-refractivity contribution is 5.87. The lowest BCUT2D eigenvalue weighted by Gasteiger charge is -2.38. The molecule has 104 valence electrons. The van der Waals surface area contributed by atoms with Crippen LogP contribution in [0.4, 0.5) is 10.1 Å². The minimum atomic E-state index is -0.330. The first-order chi connectivity index (χ1) is 9.06. The van der Waals surface area contributed by atoms with Crippen LogP contribution in [0.1, 0.15) is 31.9 Å². The molecule has 1 aliphatic heterocycles. The number of hydrogen-bond acceptors (Lipinski definition) is 3. The molecule has 0 aromatic heterocycles. The molecule has 1 aliphatic rings. The SMILES string of the molecule is CCC1C(=O)NCCN1c1c(F)cccc1[C@@H](C)N. The molecular formula is C14H20FN3O. The number of carbonyl (C=O) groups excluding carboxylic acids is 1. The Bertz CT molecular complexity index is 476. The quantitative estimate of drug-likeness (QED) is 0.872. The summed E-state index contributed by atoms with van der Waals surface area (Å²) >= 11 is 0. The van der Waals surface area contributed by atoms with Gasteiger partial charge in [0, 0.05) is 19.1 Å². The number of halogens is 1. The molecule has 2 rings (SSSR count). The Morgan fingerprint density at radius 3 is 2.95 bits per heavy atom. The fourth-order valence-corrected chi connectivity index (χ4v) is 2.59. The zero-order valence-electron chi connectivity index (χ0n) is 11.3. The third-order valence-corrected chi connectivity index (χ3v) is 3.51. The van der Waals surface area contributed by atoms with Gasteiger partial charge in [0.25, 0.3) is 0 Å². The minimum absolute atomic E-state index is 0.0485. The molecule has 0 bridgehead atoms. The fraction of sp³-hybridized carbons (Fsp3) is 0.500. The summed E-state index contributed by atoms with van der Waals surface area (Å²) in [4.78, 5) is 13.7. The third-order valence-electron chi connectivity index (χ3n) is 3.51. The van der Waals surface area contributed by atoms with E-state index < -0.39 is 0 Å². The zero-order chi connectivity index (χ0) is 14.0. The van der Waals surface area contributed by atoms with E-state index in [9.17, 15) is 9.18 Å². The van der Waals surface area contributed by atoms with Crippen molar-refractivity contribution in [3.8, 4) is 0 Å². The summed E-state index contributed by atoms with van der Waals surface area (Å²) in [6.45, 7) is 4.88. The van der Waals surface area contributed by atoms with Crippen LogP contribution >= 0.6 is 0 Å². The Hall–Kier alpha value is -1.62. The number of para-hydroxylation sites is 1. The van der Waals surface area contributed by atoms with E-state index in [-0.39, 0.29) is 23.8 Å². The van der Waals surface area contributed by atoms with E-state index in [0.29, 0.717) is 25.2 Å². The molecule has 0 aliphatic carbocycles. The summed E-state index contributed by atoms with van der Waals surface area (Å²) in [5.74, 6) is -0.365. The molecular weight excluding hydrogens is 245 g/mol. The number of nitrogens with zero attached hydrogens (tertiary/aromatic N) is 1. The van der Waals surface area contributed by atoms with Gasteiger partial charge in [-0.05, 0) is 25.0 Å². The summed E-state index contributed by atoms with van der Waals surface area (Å²) in [7, 11) is 0. The van der Waals surface area contributed by atoms with Crippen molar-refractivity contribution in [2.24, 2.45) is 5.73 Å². The van der Waals surface area contributed by atoms with Crippen molar-refractivity contribution in [3.63, 3.8) is 0 Å². The average Bonchev–Trinajstić information content (AvgIpc) is 2.38. The molecule has 1 heterocycles. The van der Waals surface area contributed by atoms with Crippen molar-refractivity contribution < 1.29 is 9.18 Å². The third kappa shape index (κ3) is 2.56. The topological polar surface area (TPSA) is 58.4 Å². The van der Waals surface area contributed by atoms with Crippen LogP contribution in [-0.2, 0) is 4.79 Å². The number of amides is 1. The average molecular weight is 265 g/mol. The van der Waals surface area contributed by atoms with E-state index in [1.165, 1.54) is 6.07 Å². The second kappa shape index (κ2) is 5.57. The summed E-state index contributed by atoms with van der Waals surface area (Å²) in [5.41, 5.74) is 7.13. The Balaban J connectivity index is 2.47. The largest absolute Gasteiger partial charge is 0.355 e. The number of nitrogens with two attached hydrogens (primary N) is 1. The molecule has 0 spiro atoms. The fourth-order valence-electron chi connectivity index (χ4n) is 2.59. The van der Waals surface area contributed by atoms with Gasteiger partial charge in [-0.15, -0.1) is 0 Å². The molecule has 19 heavy (non-hydrogen) atoms. The van der Waals surface area contributed by atoms with Crippen molar-refractivity contribution in [3.05, 3.63) is 29.6 Å². The molecule has 1 unspecified atom stereocenters. The molecule has 1 fully saturated rings. The van der Waals surface area contributed by atoms with Crippen LogP contribution in [0.5, 0.6) is 0 Å². The van der Waals surface area contributed by atoms with Crippen molar-refractivity contribution in [2.45, 2.75) is 32.4 Å².